The fourth-order valence-corrected chi connectivity index (χ4v) is 6.47. The van der Waals surface area contributed by atoms with Crippen LogP contribution in [0.15, 0.2) is 138 Å². The van der Waals surface area contributed by atoms with E-state index in [2.05, 4.69) is 22.8 Å². The van der Waals surface area contributed by atoms with Crippen LogP contribution >= 0.6 is 0 Å². The maximum atomic E-state index is 6.34. The normalized spacial score (nSPS) is 12.3. The van der Waals surface area contributed by atoms with Gasteiger partial charge in [-0.3, -0.25) is 4.57 Å². The second-order valence-corrected chi connectivity index (χ2v) is 11.2. The summed E-state index contributed by atoms with van der Waals surface area (Å²) in [7, 11) is 0. The number of para-hydroxylation sites is 4. The number of hydrogen-bond acceptors (Lipinski definition) is 6. The number of fused-ring (bicyclic) bond motifs is 8. The highest BCUT2D eigenvalue weighted by atomic mass is 16.6. The lowest BCUT2D eigenvalue weighted by Crippen LogP contribution is -2.07. The summed E-state index contributed by atoms with van der Waals surface area (Å²) in [5.41, 5.74) is 5.21. The van der Waals surface area contributed by atoms with Gasteiger partial charge in [0, 0.05) is 38.7 Å². The van der Waals surface area contributed by atoms with Crippen molar-refractivity contribution in [2.24, 2.45) is 0 Å². The Bertz CT molecular complexity index is 2660. The molecule has 0 spiro atoms. The van der Waals surface area contributed by atoms with Gasteiger partial charge in [-0.15, -0.1) is 0 Å². The average molecular weight is 595 g/mol. The molecule has 0 atom stereocenters. The first-order valence-corrected chi connectivity index (χ1v) is 15.0. The van der Waals surface area contributed by atoms with E-state index in [1.807, 2.05) is 115 Å². The first-order valence-electron chi connectivity index (χ1n) is 15.0. The van der Waals surface area contributed by atoms with E-state index < -0.39 is 0 Å². The molecule has 0 aliphatic carbocycles. The third-order valence-corrected chi connectivity index (χ3v) is 8.53. The number of ether oxygens (including phenoxy) is 2. The van der Waals surface area contributed by atoms with E-state index in [0.717, 1.165) is 54.9 Å². The van der Waals surface area contributed by atoms with Gasteiger partial charge in [-0.25, -0.2) is 4.98 Å². The lowest BCUT2D eigenvalue weighted by molar-refractivity contribution is 0.360. The highest BCUT2D eigenvalue weighted by molar-refractivity contribution is 6.12. The van der Waals surface area contributed by atoms with Gasteiger partial charge >= 0.3 is 0 Å². The highest BCUT2D eigenvalue weighted by Gasteiger charge is 2.24. The number of benzene rings is 6. The van der Waals surface area contributed by atoms with Gasteiger partial charge in [0.25, 0.3) is 0 Å². The minimum Gasteiger partial charge on any atom is -0.456 e. The molecule has 0 amide bonds. The van der Waals surface area contributed by atoms with E-state index in [4.69, 9.17) is 28.8 Å². The van der Waals surface area contributed by atoms with Crippen molar-refractivity contribution in [3.63, 3.8) is 0 Å². The summed E-state index contributed by atoms with van der Waals surface area (Å²) in [5.74, 6) is 4.27. The SMILES string of the molecule is c1ccc(-c2nc(-c3cccc4oc5ccccc5c34)nc(-n3c4ccccc4c4cc5c(cc43)Oc3ccccc3O5)n2)cc1. The standard InChI is InChI=1S/C39H22N4O3/c1-2-11-23(12-3-1)37-40-38(26-15-10-20-33-36(26)25-14-5-7-17-30(25)44-33)42-39(41-37)43-28-16-6-4-13-24(28)27-21-34-35(22-29(27)43)46-32-19-9-8-18-31(32)45-34/h1-22H. The minimum absolute atomic E-state index is 0.497. The molecule has 216 valence electrons. The molecule has 46 heavy (non-hydrogen) atoms. The van der Waals surface area contributed by atoms with E-state index in [9.17, 15) is 0 Å². The molecule has 0 unspecified atom stereocenters. The van der Waals surface area contributed by atoms with Crippen LogP contribution in [0.25, 0.3) is 72.5 Å². The maximum absolute atomic E-state index is 6.34. The van der Waals surface area contributed by atoms with E-state index in [1.165, 1.54) is 0 Å². The van der Waals surface area contributed by atoms with Crippen molar-refractivity contribution in [1.29, 1.82) is 0 Å². The van der Waals surface area contributed by atoms with Crippen LogP contribution in [-0.2, 0) is 0 Å². The summed E-state index contributed by atoms with van der Waals surface area (Å²) in [6.45, 7) is 0. The average Bonchev–Trinajstić information content (AvgIpc) is 3.65. The minimum atomic E-state index is 0.497. The molecular weight excluding hydrogens is 572 g/mol. The van der Waals surface area contributed by atoms with Crippen molar-refractivity contribution < 1.29 is 13.9 Å². The van der Waals surface area contributed by atoms with Crippen molar-refractivity contribution in [3.8, 4) is 51.7 Å². The number of nitrogens with zero attached hydrogens (tertiary/aromatic N) is 4. The van der Waals surface area contributed by atoms with Gasteiger partial charge in [-0.1, -0.05) is 91.0 Å². The van der Waals surface area contributed by atoms with Gasteiger partial charge in [0.15, 0.2) is 34.6 Å². The molecule has 1 aliphatic rings. The van der Waals surface area contributed by atoms with Crippen LogP contribution in [-0.4, -0.2) is 19.5 Å². The highest BCUT2D eigenvalue weighted by Crippen LogP contribution is 2.48. The monoisotopic (exact) mass is 594 g/mol. The van der Waals surface area contributed by atoms with E-state index in [0.29, 0.717) is 40.6 Å². The Morgan fingerprint density at radius 1 is 0.457 bits per heavy atom. The second kappa shape index (κ2) is 9.51. The summed E-state index contributed by atoms with van der Waals surface area (Å²) in [5, 5.41) is 4.03. The van der Waals surface area contributed by atoms with Crippen molar-refractivity contribution in [2.45, 2.75) is 0 Å². The summed E-state index contributed by atoms with van der Waals surface area (Å²) < 4.78 is 20.9. The van der Waals surface area contributed by atoms with Crippen LogP contribution in [0.2, 0.25) is 0 Å². The Hall–Kier alpha value is -6.47. The Morgan fingerprint density at radius 2 is 1.13 bits per heavy atom. The van der Waals surface area contributed by atoms with E-state index >= 15 is 0 Å². The predicted molar refractivity (Wildman–Crippen MR) is 179 cm³/mol. The topological polar surface area (TPSA) is 75.2 Å². The Labute approximate surface area is 261 Å². The summed E-state index contributed by atoms with van der Waals surface area (Å²) in [6.07, 6.45) is 0. The molecular formula is C39H22N4O3. The van der Waals surface area contributed by atoms with Crippen LogP contribution in [0, 0.1) is 0 Å². The molecule has 0 saturated heterocycles. The molecule has 0 bridgehead atoms. The Morgan fingerprint density at radius 3 is 1.98 bits per heavy atom. The zero-order valence-corrected chi connectivity index (χ0v) is 24.2. The Balaban J connectivity index is 1.27. The van der Waals surface area contributed by atoms with E-state index in [-0.39, 0.29) is 0 Å². The number of rotatable bonds is 3. The van der Waals surface area contributed by atoms with Gasteiger partial charge in [0.1, 0.15) is 11.2 Å². The van der Waals surface area contributed by atoms with Gasteiger partial charge in [-0.05, 0) is 36.4 Å². The molecule has 0 N–H and O–H groups in total. The molecule has 6 aromatic carbocycles. The van der Waals surface area contributed by atoms with Gasteiger partial charge in [0.2, 0.25) is 5.95 Å². The molecule has 7 heteroatoms. The van der Waals surface area contributed by atoms with Crippen molar-refractivity contribution >= 4 is 43.7 Å². The molecule has 1 aliphatic heterocycles. The zero-order valence-electron chi connectivity index (χ0n) is 24.2. The van der Waals surface area contributed by atoms with Crippen LogP contribution < -0.4 is 9.47 Å². The molecule has 9 aromatic rings. The van der Waals surface area contributed by atoms with E-state index in [1.54, 1.807) is 0 Å². The number of aromatic nitrogens is 4. The fourth-order valence-electron chi connectivity index (χ4n) is 6.47. The van der Waals surface area contributed by atoms with Gasteiger partial charge < -0.3 is 13.9 Å². The number of furan rings is 1. The molecule has 7 nitrogen and oxygen atoms in total. The molecule has 3 aromatic heterocycles. The van der Waals surface area contributed by atoms with Crippen LogP contribution in [0.1, 0.15) is 0 Å². The van der Waals surface area contributed by atoms with Crippen molar-refractivity contribution in [1.82, 2.24) is 19.5 Å². The quantitative estimate of drug-likeness (QED) is 0.203. The first kappa shape index (κ1) is 24.9. The van der Waals surface area contributed by atoms with Crippen molar-refractivity contribution in [2.75, 3.05) is 0 Å². The summed E-state index contributed by atoms with van der Waals surface area (Å²) in [6, 6.07) is 44.1. The first-order chi connectivity index (χ1) is 22.8. The van der Waals surface area contributed by atoms with Gasteiger partial charge in [0.05, 0.1) is 11.0 Å². The van der Waals surface area contributed by atoms with Crippen LogP contribution in [0.4, 0.5) is 0 Å². The van der Waals surface area contributed by atoms with Crippen molar-refractivity contribution in [3.05, 3.63) is 133 Å². The van der Waals surface area contributed by atoms with Gasteiger partial charge in [-0.2, -0.15) is 9.97 Å². The van der Waals surface area contributed by atoms with Crippen LogP contribution in [0.5, 0.6) is 23.0 Å². The summed E-state index contributed by atoms with van der Waals surface area (Å²) >= 11 is 0. The molecule has 10 rings (SSSR count). The lowest BCUT2D eigenvalue weighted by Gasteiger charge is -2.20. The lowest BCUT2D eigenvalue weighted by atomic mass is 10.1. The molecule has 0 saturated carbocycles. The molecule has 0 radical (unpaired) electrons. The summed E-state index contributed by atoms with van der Waals surface area (Å²) in [4.78, 5) is 15.3. The third kappa shape index (κ3) is 3.69. The number of hydrogen-bond donors (Lipinski definition) is 0. The third-order valence-electron chi connectivity index (χ3n) is 8.53. The molecule has 4 heterocycles. The fraction of sp³-hybridized carbons (Fsp3) is 0. The van der Waals surface area contributed by atoms with Crippen LogP contribution in [0.3, 0.4) is 0 Å². The Kier molecular flexibility index (Phi) is 5.15. The molecule has 0 fully saturated rings. The zero-order chi connectivity index (χ0) is 30.2. The predicted octanol–water partition coefficient (Wildman–Crippen LogP) is 10.1. The maximum Gasteiger partial charge on any atom is 0.238 e. The smallest absolute Gasteiger partial charge is 0.238 e. The second-order valence-electron chi connectivity index (χ2n) is 11.2. The largest absolute Gasteiger partial charge is 0.456 e.